The molecule has 0 heterocycles. The highest BCUT2D eigenvalue weighted by Gasteiger charge is 2.22. The van der Waals surface area contributed by atoms with Gasteiger partial charge < -0.3 is 9.84 Å². The van der Waals surface area contributed by atoms with Crippen LogP contribution in [0.2, 0.25) is 0 Å². The first kappa shape index (κ1) is 12.9. The van der Waals surface area contributed by atoms with Gasteiger partial charge in [0.05, 0.1) is 12.2 Å². The molecule has 0 aliphatic carbocycles. The molecule has 0 fully saturated rings. The SMILES string of the molecule is CCO/C=C(\C(=O)O)C(=O)c1ccccc1F. The molecule has 0 unspecified atom stereocenters. The molecule has 0 radical (unpaired) electrons. The van der Waals surface area contributed by atoms with Crippen molar-refractivity contribution < 1.29 is 23.8 Å². The predicted molar refractivity (Wildman–Crippen MR) is 58.1 cm³/mol. The summed E-state index contributed by atoms with van der Waals surface area (Å²) in [6.07, 6.45) is 0.830. The number of carbonyl (C=O) groups excluding carboxylic acids is 1. The fourth-order valence-electron chi connectivity index (χ4n) is 1.16. The van der Waals surface area contributed by atoms with Gasteiger partial charge in [-0.1, -0.05) is 12.1 Å². The van der Waals surface area contributed by atoms with Crippen LogP contribution in [0.3, 0.4) is 0 Å². The first-order valence-electron chi connectivity index (χ1n) is 4.92. The molecule has 1 aromatic rings. The van der Waals surface area contributed by atoms with Crippen molar-refractivity contribution in [1.82, 2.24) is 0 Å². The standard InChI is InChI=1S/C12H11FO4/c1-2-17-7-9(12(15)16)11(14)8-5-3-4-6-10(8)13/h3-7H,2H2,1H3,(H,15,16)/b9-7-. The zero-order chi connectivity index (χ0) is 12.8. The van der Waals surface area contributed by atoms with Crippen molar-refractivity contribution in [2.24, 2.45) is 0 Å². The largest absolute Gasteiger partial charge is 0.500 e. The van der Waals surface area contributed by atoms with E-state index >= 15 is 0 Å². The maximum Gasteiger partial charge on any atom is 0.342 e. The van der Waals surface area contributed by atoms with Gasteiger partial charge in [-0.25, -0.2) is 9.18 Å². The van der Waals surface area contributed by atoms with Crippen molar-refractivity contribution in [2.45, 2.75) is 6.92 Å². The first-order valence-corrected chi connectivity index (χ1v) is 4.92. The summed E-state index contributed by atoms with van der Waals surface area (Å²) in [4.78, 5) is 22.6. The first-order chi connectivity index (χ1) is 8.07. The Morgan fingerprint density at radius 1 is 1.41 bits per heavy atom. The fraction of sp³-hybridized carbons (Fsp3) is 0.167. The smallest absolute Gasteiger partial charge is 0.342 e. The van der Waals surface area contributed by atoms with E-state index in [1.807, 2.05) is 0 Å². The summed E-state index contributed by atoms with van der Waals surface area (Å²) < 4.78 is 18.1. The van der Waals surface area contributed by atoms with Gasteiger partial charge in [0.25, 0.3) is 0 Å². The van der Waals surface area contributed by atoms with Gasteiger partial charge in [0.15, 0.2) is 0 Å². The topological polar surface area (TPSA) is 63.6 Å². The Balaban J connectivity index is 3.09. The molecule has 5 heteroatoms. The lowest BCUT2D eigenvalue weighted by atomic mass is 10.0. The number of hydrogen-bond donors (Lipinski definition) is 1. The van der Waals surface area contributed by atoms with E-state index < -0.39 is 23.1 Å². The average molecular weight is 238 g/mol. The van der Waals surface area contributed by atoms with Crippen LogP contribution in [0.1, 0.15) is 17.3 Å². The summed E-state index contributed by atoms with van der Waals surface area (Å²) in [5, 5.41) is 8.83. The molecule has 90 valence electrons. The fourth-order valence-corrected chi connectivity index (χ4v) is 1.16. The van der Waals surface area contributed by atoms with E-state index in [4.69, 9.17) is 9.84 Å². The summed E-state index contributed by atoms with van der Waals surface area (Å²) >= 11 is 0. The van der Waals surface area contributed by atoms with Gasteiger partial charge in [-0.05, 0) is 19.1 Å². The third-order valence-corrected chi connectivity index (χ3v) is 1.96. The van der Waals surface area contributed by atoms with Crippen LogP contribution in [0.5, 0.6) is 0 Å². The van der Waals surface area contributed by atoms with Gasteiger partial charge in [0, 0.05) is 0 Å². The Morgan fingerprint density at radius 3 is 2.59 bits per heavy atom. The van der Waals surface area contributed by atoms with E-state index in [9.17, 15) is 14.0 Å². The minimum absolute atomic E-state index is 0.224. The quantitative estimate of drug-likeness (QED) is 0.280. The van der Waals surface area contributed by atoms with Crippen LogP contribution in [-0.2, 0) is 9.53 Å². The van der Waals surface area contributed by atoms with Gasteiger partial charge in [-0.2, -0.15) is 0 Å². The molecule has 0 saturated carbocycles. The molecule has 0 aliphatic rings. The average Bonchev–Trinajstić information content (AvgIpc) is 2.29. The van der Waals surface area contributed by atoms with Crippen LogP contribution in [-0.4, -0.2) is 23.5 Å². The number of hydrogen-bond acceptors (Lipinski definition) is 3. The molecule has 0 spiro atoms. The minimum Gasteiger partial charge on any atom is -0.500 e. The van der Waals surface area contributed by atoms with E-state index in [1.165, 1.54) is 18.2 Å². The number of carboxylic acid groups (broad SMARTS) is 1. The van der Waals surface area contributed by atoms with Gasteiger partial charge in [0.2, 0.25) is 5.78 Å². The Morgan fingerprint density at radius 2 is 2.06 bits per heavy atom. The van der Waals surface area contributed by atoms with E-state index in [0.717, 1.165) is 12.3 Å². The predicted octanol–water partition coefficient (Wildman–Crippen LogP) is 2.01. The molecule has 1 rings (SSSR count). The molecule has 0 bridgehead atoms. The number of benzene rings is 1. The molecular formula is C12H11FO4. The maximum absolute atomic E-state index is 13.3. The number of aliphatic carboxylic acids is 1. The summed E-state index contributed by atoms with van der Waals surface area (Å²) in [7, 11) is 0. The van der Waals surface area contributed by atoms with Crippen LogP contribution in [0.4, 0.5) is 4.39 Å². The Kier molecular flexibility index (Phi) is 4.39. The van der Waals surface area contributed by atoms with E-state index in [-0.39, 0.29) is 12.2 Å². The molecule has 0 atom stereocenters. The monoisotopic (exact) mass is 238 g/mol. The van der Waals surface area contributed by atoms with Gasteiger partial charge in [-0.3, -0.25) is 4.79 Å². The van der Waals surface area contributed by atoms with E-state index in [2.05, 4.69) is 0 Å². The molecule has 0 amide bonds. The lowest BCUT2D eigenvalue weighted by Gasteiger charge is -2.03. The zero-order valence-corrected chi connectivity index (χ0v) is 9.14. The number of ketones is 1. The van der Waals surface area contributed by atoms with Crippen molar-refractivity contribution in [3.05, 3.63) is 47.5 Å². The van der Waals surface area contributed by atoms with Crippen LogP contribution >= 0.6 is 0 Å². The molecule has 4 nitrogen and oxygen atoms in total. The molecule has 0 aliphatic heterocycles. The summed E-state index contributed by atoms with van der Waals surface area (Å²) in [5.41, 5.74) is -0.891. The van der Waals surface area contributed by atoms with Crippen molar-refractivity contribution in [2.75, 3.05) is 6.61 Å². The number of halogens is 1. The van der Waals surface area contributed by atoms with Crippen molar-refractivity contribution in [3.63, 3.8) is 0 Å². The zero-order valence-electron chi connectivity index (χ0n) is 9.14. The minimum atomic E-state index is -1.45. The number of rotatable bonds is 5. The van der Waals surface area contributed by atoms with Crippen molar-refractivity contribution in [3.8, 4) is 0 Å². The second-order valence-corrected chi connectivity index (χ2v) is 3.10. The summed E-state index contributed by atoms with van der Waals surface area (Å²) in [6.45, 7) is 1.87. The van der Waals surface area contributed by atoms with Crippen LogP contribution in [0, 0.1) is 5.82 Å². The third kappa shape index (κ3) is 3.14. The highest BCUT2D eigenvalue weighted by molar-refractivity contribution is 6.23. The van der Waals surface area contributed by atoms with Crippen molar-refractivity contribution >= 4 is 11.8 Å². The number of ether oxygens (including phenoxy) is 1. The van der Waals surface area contributed by atoms with E-state index in [0.29, 0.717) is 0 Å². The molecule has 1 N–H and O–H groups in total. The lowest BCUT2D eigenvalue weighted by Crippen LogP contribution is -2.14. The van der Waals surface area contributed by atoms with Crippen molar-refractivity contribution in [1.29, 1.82) is 0 Å². The van der Waals surface area contributed by atoms with Crippen LogP contribution in [0.15, 0.2) is 36.1 Å². The third-order valence-electron chi connectivity index (χ3n) is 1.96. The summed E-state index contributed by atoms with van der Waals surface area (Å²) in [5.74, 6) is -3.13. The van der Waals surface area contributed by atoms with Crippen LogP contribution < -0.4 is 0 Å². The second kappa shape index (κ2) is 5.79. The van der Waals surface area contributed by atoms with Crippen LogP contribution in [0.25, 0.3) is 0 Å². The summed E-state index contributed by atoms with van der Waals surface area (Å²) in [6, 6.07) is 5.18. The van der Waals surface area contributed by atoms with Gasteiger partial charge >= 0.3 is 5.97 Å². The Bertz CT molecular complexity index is 465. The molecule has 17 heavy (non-hydrogen) atoms. The Labute approximate surface area is 97.3 Å². The molecular weight excluding hydrogens is 227 g/mol. The van der Waals surface area contributed by atoms with Gasteiger partial charge in [-0.15, -0.1) is 0 Å². The maximum atomic E-state index is 13.3. The highest BCUT2D eigenvalue weighted by atomic mass is 19.1. The lowest BCUT2D eigenvalue weighted by molar-refractivity contribution is -0.132. The number of carbonyl (C=O) groups is 2. The second-order valence-electron chi connectivity index (χ2n) is 3.10. The molecule has 0 aromatic heterocycles. The van der Waals surface area contributed by atoms with Gasteiger partial charge in [0.1, 0.15) is 17.7 Å². The Hall–Kier alpha value is -2.17. The molecule has 0 saturated heterocycles. The molecule has 1 aromatic carbocycles. The van der Waals surface area contributed by atoms with E-state index in [1.54, 1.807) is 6.92 Å². The highest BCUT2D eigenvalue weighted by Crippen LogP contribution is 2.13. The normalized spacial score (nSPS) is 11.1. The number of carboxylic acids is 1. The number of Topliss-reactive ketones (excluding diaryl/α,β-unsaturated/α-hetero) is 1.